The summed E-state index contributed by atoms with van der Waals surface area (Å²) in [4.78, 5) is 12.4. The summed E-state index contributed by atoms with van der Waals surface area (Å²) in [5.41, 5.74) is 0.957. The lowest BCUT2D eigenvalue weighted by molar-refractivity contribution is -0.277. The van der Waals surface area contributed by atoms with Crippen LogP contribution in [-0.4, -0.2) is 73.7 Å². The Morgan fingerprint density at radius 3 is 2.30 bits per heavy atom. The first-order chi connectivity index (χ1) is 14.3. The predicted molar refractivity (Wildman–Crippen MR) is 103 cm³/mol. The van der Waals surface area contributed by atoms with E-state index in [0.29, 0.717) is 6.42 Å². The maximum Gasteiger partial charge on any atom is 0.229 e. The van der Waals surface area contributed by atoms with E-state index in [1.54, 1.807) is 12.1 Å². The largest absolute Gasteiger partial charge is 0.508 e. The van der Waals surface area contributed by atoms with E-state index in [1.807, 2.05) is 0 Å². The van der Waals surface area contributed by atoms with Crippen LogP contribution in [0.4, 0.5) is 0 Å². The van der Waals surface area contributed by atoms with E-state index in [0.717, 1.165) is 5.56 Å². The zero-order valence-corrected chi connectivity index (χ0v) is 16.0. The molecule has 1 saturated heterocycles. The smallest absolute Gasteiger partial charge is 0.229 e. The minimum absolute atomic E-state index is 0.0620. The highest BCUT2D eigenvalue weighted by Gasteiger charge is 2.44. The third-order valence-corrected chi connectivity index (χ3v) is 4.95. The molecule has 3 rings (SSSR count). The van der Waals surface area contributed by atoms with Crippen LogP contribution in [0.15, 0.2) is 42.5 Å². The molecule has 1 fully saturated rings. The highest BCUT2D eigenvalue weighted by Crippen LogP contribution is 2.29. The van der Waals surface area contributed by atoms with Gasteiger partial charge in [-0.2, -0.15) is 0 Å². The van der Waals surface area contributed by atoms with Crippen LogP contribution in [-0.2, 0) is 11.2 Å². The fraction of sp³-hybridized carbons (Fsp3) is 0.381. The Hall–Kier alpha value is -2.69. The number of phenols is 2. The van der Waals surface area contributed by atoms with Crippen LogP contribution >= 0.6 is 0 Å². The Balaban J connectivity index is 1.64. The number of hydrogen-bond acceptors (Lipinski definition) is 9. The molecule has 162 valence electrons. The summed E-state index contributed by atoms with van der Waals surface area (Å²) >= 11 is 0. The van der Waals surface area contributed by atoms with Crippen LogP contribution in [0.1, 0.15) is 22.3 Å². The quantitative estimate of drug-likeness (QED) is 0.342. The van der Waals surface area contributed by atoms with Gasteiger partial charge < -0.3 is 40.1 Å². The van der Waals surface area contributed by atoms with Gasteiger partial charge in [0.2, 0.25) is 6.29 Å². The number of rotatable bonds is 7. The van der Waals surface area contributed by atoms with E-state index in [9.17, 15) is 35.4 Å². The molecule has 0 radical (unpaired) electrons. The van der Waals surface area contributed by atoms with Gasteiger partial charge in [0, 0.05) is 12.5 Å². The van der Waals surface area contributed by atoms with Gasteiger partial charge in [0.15, 0.2) is 5.78 Å². The lowest BCUT2D eigenvalue weighted by Crippen LogP contribution is -2.60. The number of hydrogen-bond donors (Lipinski definition) is 6. The Morgan fingerprint density at radius 2 is 1.67 bits per heavy atom. The minimum atomic E-state index is -1.59. The van der Waals surface area contributed by atoms with Crippen LogP contribution < -0.4 is 4.74 Å². The van der Waals surface area contributed by atoms with Crippen molar-refractivity contribution in [3.05, 3.63) is 53.6 Å². The fourth-order valence-electron chi connectivity index (χ4n) is 3.17. The van der Waals surface area contributed by atoms with Crippen LogP contribution in [0.3, 0.4) is 0 Å². The van der Waals surface area contributed by atoms with Crippen molar-refractivity contribution in [2.45, 2.75) is 43.5 Å². The molecule has 2 aromatic rings. The summed E-state index contributed by atoms with van der Waals surface area (Å²) in [6.45, 7) is -0.593. The number of benzene rings is 2. The van der Waals surface area contributed by atoms with Gasteiger partial charge in [0.25, 0.3) is 0 Å². The summed E-state index contributed by atoms with van der Waals surface area (Å²) in [7, 11) is 0. The molecule has 9 heteroatoms. The van der Waals surface area contributed by atoms with E-state index in [1.165, 1.54) is 30.3 Å². The van der Waals surface area contributed by atoms with Crippen molar-refractivity contribution >= 4 is 5.78 Å². The molecule has 0 aromatic heterocycles. The first-order valence-corrected chi connectivity index (χ1v) is 9.41. The van der Waals surface area contributed by atoms with Crippen molar-refractivity contribution in [2.24, 2.45) is 0 Å². The zero-order valence-electron chi connectivity index (χ0n) is 16.0. The molecule has 2 aromatic carbocycles. The van der Waals surface area contributed by atoms with Gasteiger partial charge in [-0.1, -0.05) is 12.1 Å². The number of ether oxygens (including phenoxy) is 2. The second-order valence-corrected chi connectivity index (χ2v) is 7.08. The highest BCUT2D eigenvalue weighted by atomic mass is 16.7. The van der Waals surface area contributed by atoms with Gasteiger partial charge >= 0.3 is 0 Å². The molecule has 30 heavy (non-hydrogen) atoms. The van der Waals surface area contributed by atoms with Crippen molar-refractivity contribution < 1.29 is 44.9 Å². The van der Waals surface area contributed by atoms with Crippen LogP contribution in [0, 0.1) is 0 Å². The molecule has 0 saturated carbocycles. The Kier molecular flexibility index (Phi) is 6.91. The second-order valence-electron chi connectivity index (χ2n) is 7.08. The van der Waals surface area contributed by atoms with Crippen LogP contribution in [0.5, 0.6) is 17.2 Å². The van der Waals surface area contributed by atoms with Gasteiger partial charge in [-0.05, 0) is 36.2 Å². The van der Waals surface area contributed by atoms with Crippen LogP contribution in [0.25, 0.3) is 0 Å². The van der Waals surface area contributed by atoms with Gasteiger partial charge in [0.1, 0.15) is 41.7 Å². The molecule has 0 aliphatic carbocycles. The molecule has 0 unspecified atom stereocenters. The number of phenolic OH excluding ortho intramolecular Hbond substituents is 2. The molecule has 0 bridgehead atoms. The Bertz CT molecular complexity index is 865. The van der Waals surface area contributed by atoms with Crippen molar-refractivity contribution in [3.63, 3.8) is 0 Å². The van der Waals surface area contributed by atoms with Gasteiger partial charge in [0.05, 0.1) is 12.2 Å². The molecule has 1 aliphatic heterocycles. The number of ketones is 1. The number of aliphatic hydroxyl groups is 4. The van der Waals surface area contributed by atoms with E-state index >= 15 is 0 Å². The molecule has 6 N–H and O–H groups in total. The van der Waals surface area contributed by atoms with Gasteiger partial charge in [-0.25, -0.2) is 0 Å². The Labute approximate surface area is 172 Å². The number of carbonyl (C=O) groups excluding carboxylic acids is 1. The average Bonchev–Trinajstić information content (AvgIpc) is 2.73. The predicted octanol–water partition coefficient (Wildman–Crippen LogP) is 0.0920. The third kappa shape index (κ3) is 4.89. The average molecular weight is 420 g/mol. The number of carbonyl (C=O) groups is 1. The number of aryl methyl sites for hydroxylation is 1. The fourth-order valence-corrected chi connectivity index (χ4v) is 3.17. The second kappa shape index (κ2) is 9.41. The monoisotopic (exact) mass is 420 g/mol. The number of aromatic hydroxyl groups is 2. The van der Waals surface area contributed by atoms with E-state index in [4.69, 9.17) is 9.47 Å². The summed E-state index contributed by atoms with van der Waals surface area (Å²) in [6, 6.07) is 10.4. The maximum atomic E-state index is 12.4. The summed E-state index contributed by atoms with van der Waals surface area (Å²) in [6.07, 6.45) is -6.62. The Morgan fingerprint density at radius 1 is 0.967 bits per heavy atom. The topological polar surface area (TPSA) is 157 Å². The molecule has 1 heterocycles. The lowest BCUT2D eigenvalue weighted by atomic mass is 9.99. The summed E-state index contributed by atoms with van der Waals surface area (Å²) in [5.74, 6) is -0.419. The number of aliphatic hydroxyl groups excluding tert-OH is 4. The highest BCUT2D eigenvalue weighted by molar-refractivity contribution is 5.98. The molecule has 5 atom stereocenters. The number of Topliss-reactive ketones (excluding diaryl/α,β-unsaturated/α-hetero) is 1. The van der Waals surface area contributed by atoms with Gasteiger partial charge in [-0.15, -0.1) is 0 Å². The van der Waals surface area contributed by atoms with E-state index < -0.39 is 37.3 Å². The van der Waals surface area contributed by atoms with E-state index in [-0.39, 0.29) is 35.0 Å². The first kappa shape index (κ1) is 22.0. The molecular formula is C21H24O9. The standard InChI is InChI=1S/C21H24O9/c22-10-17-18(26)19(27)20(28)21(30-17)29-13-6-7-14(16(25)9-13)15(24)8-3-11-1-4-12(23)5-2-11/h1-2,4-7,9,17-23,25-28H,3,8,10H2/t17-,18+,19+,20-,21-/m1/s1. The van der Waals surface area contributed by atoms with Crippen LogP contribution in [0.2, 0.25) is 0 Å². The zero-order chi connectivity index (χ0) is 21.8. The first-order valence-electron chi connectivity index (χ1n) is 9.41. The SMILES string of the molecule is O=C(CCc1ccc(O)cc1)c1ccc(O[C@@H]2O[C@H](CO)[C@H](O)[C@H](O)[C@H]2O)cc1O. The minimum Gasteiger partial charge on any atom is -0.508 e. The molecule has 0 amide bonds. The van der Waals surface area contributed by atoms with Crippen molar-refractivity contribution in [2.75, 3.05) is 6.61 Å². The van der Waals surface area contributed by atoms with Crippen molar-refractivity contribution in [1.82, 2.24) is 0 Å². The summed E-state index contributed by atoms with van der Waals surface area (Å²) in [5, 5.41) is 58.3. The lowest BCUT2D eigenvalue weighted by Gasteiger charge is -2.39. The van der Waals surface area contributed by atoms with Crippen molar-refractivity contribution in [3.8, 4) is 17.2 Å². The maximum absolute atomic E-state index is 12.4. The molecule has 9 nitrogen and oxygen atoms in total. The van der Waals surface area contributed by atoms with Gasteiger partial charge in [-0.3, -0.25) is 4.79 Å². The van der Waals surface area contributed by atoms with Crippen molar-refractivity contribution in [1.29, 1.82) is 0 Å². The normalized spacial score (nSPS) is 26.3. The molecule has 0 spiro atoms. The molecular weight excluding hydrogens is 396 g/mol. The summed E-state index contributed by atoms with van der Waals surface area (Å²) < 4.78 is 10.7. The third-order valence-electron chi connectivity index (χ3n) is 4.95. The molecule has 1 aliphatic rings. The van der Waals surface area contributed by atoms with E-state index in [2.05, 4.69) is 0 Å².